The summed E-state index contributed by atoms with van der Waals surface area (Å²) in [5.41, 5.74) is 5.76. The molecule has 1 saturated heterocycles. The number of amides is 1. The smallest absolute Gasteiger partial charge is 0.258 e. The largest absolute Gasteiger partial charge is 0.507 e. The Balaban J connectivity index is 2.27. The molecule has 0 spiro atoms. The van der Waals surface area contributed by atoms with Gasteiger partial charge in [-0.25, -0.2) is 0 Å². The van der Waals surface area contributed by atoms with E-state index in [0.717, 1.165) is 6.42 Å². The third kappa shape index (κ3) is 2.47. The number of phenols is 1. The van der Waals surface area contributed by atoms with E-state index in [1.807, 2.05) is 0 Å². The predicted octanol–water partition coefficient (Wildman–Crippen LogP) is 0.752. The molecule has 7 nitrogen and oxygen atoms in total. The van der Waals surface area contributed by atoms with Crippen molar-refractivity contribution in [1.82, 2.24) is 4.90 Å². The van der Waals surface area contributed by atoms with Gasteiger partial charge in [-0.05, 0) is 25.0 Å². The lowest BCUT2D eigenvalue weighted by Crippen LogP contribution is -2.43. The summed E-state index contributed by atoms with van der Waals surface area (Å²) in [5, 5.41) is 21.6. The summed E-state index contributed by atoms with van der Waals surface area (Å²) in [4.78, 5) is 13.9. The number of ether oxygens (including phenoxy) is 1. The van der Waals surface area contributed by atoms with Crippen LogP contribution in [0.15, 0.2) is 23.4 Å². The van der Waals surface area contributed by atoms with Crippen LogP contribution in [-0.2, 0) is 0 Å². The number of aromatic hydroxyl groups is 1. The van der Waals surface area contributed by atoms with Crippen LogP contribution in [-0.4, -0.2) is 46.7 Å². The summed E-state index contributed by atoms with van der Waals surface area (Å²) in [7, 11) is 1.48. The third-order valence-corrected chi connectivity index (χ3v) is 3.41. The first-order chi connectivity index (χ1) is 9.58. The van der Waals surface area contributed by atoms with Gasteiger partial charge in [0, 0.05) is 12.6 Å². The first-order valence-electron chi connectivity index (χ1n) is 6.24. The van der Waals surface area contributed by atoms with Crippen molar-refractivity contribution in [2.24, 2.45) is 10.9 Å². The van der Waals surface area contributed by atoms with Gasteiger partial charge in [-0.2, -0.15) is 0 Å². The van der Waals surface area contributed by atoms with Crippen LogP contribution in [0.25, 0.3) is 0 Å². The molecule has 0 bridgehead atoms. The summed E-state index contributed by atoms with van der Waals surface area (Å²) in [5.74, 6) is -0.0314. The maximum Gasteiger partial charge on any atom is 0.258 e. The van der Waals surface area contributed by atoms with Crippen LogP contribution in [0.4, 0.5) is 0 Å². The van der Waals surface area contributed by atoms with E-state index in [1.54, 1.807) is 6.07 Å². The molecule has 20 heavy (non-hydrogen) atoms. The molecule has 0 aliphatic carbocycles. The molecule has 1 fully saturated rings. The fourth-order valence-corrected chi connectivity index (χ4v) is 2.36. The van der Waals surface area contributed by atoms with Gasteiger partial charge in [-0.3, -0.25) is 4.79 Å². The maximum absolute atomic E-state index is 12.4. The van der Waals surface area contributed by atoms with Gasteiger partial charge in [0.15, 0.2) is 5.84 Å². The van der Waals surface area contributed by atoms with Crippen molar-refractivity contribution in [2.75, 3.05) is 13.7 Å². The molecule has 0 saturated carbocycles. The molecule has 0 radical (unpaired) electrons. The molecule has 1 atom stereocenters. The quantitative estimate of drug-likeness (QED) is 0.327. The molecule has 1 aromatic carbocycles. The Bertz CT molecular complexity index is 544. The Morgan fingerprint density at radius 1 is 1.55 bits per heavy atom. The lowest BCUT2D eigenvalue weighted by molar-refractivity contribution is 0.0765. The number of methoxy groups -OCH3 is 1. The van der Waals surface area contributed by atoms with E-state index in [4.69, 9.17) is 15.7 Å². The van der Waals surface area contributed by atoms with Crippen LogP contribution in [0.2, 0.25) is 0 Å². The molecule has 1 aliphatic rings. The first-order valence-corrected chi connectivity index (χ1v) is 6.24. The number of carbonyl (C=O) groups is 1. The molecule has 1 aromatic rings. The van der Waals surface area contributed by atoms with Crippen LogP contribution >= 0.6 is 0 Å². The van der Waals surface area contributed by atoms with Gasteiger partial charge in [0.25, 0.3) is 5.91 Å². The molecule has 4 N–H and O–H groups in total. The SMILES string of the molecule is COc1ccc(C(=O)N2CCCC2C(N)=NO)c(O)c1. The minimum Gasteiger partial charge on any atom is -0.507 e. The van der Waals surface area contributed by atoms with Crippen LogP contribution < -0.4 is 10.5 Å². The third-order valence-electron chi connectivity index (χ3n) is 3.41. The van der Waals surface area contributed by atoms with Gasteiger partial charge in [0.1, 0.15) is 11.5 Å². The van der Waals surface area contributed by atoms with Crippen LogP contribution in [0, 0.1) is 0 Å². The first kappa shape index (κ1) is 14.0. The van der Waals surface area contributed by atoms with Crippen LogP contribution in [0.3, 0.4) is 0 Å². The van der Waals surface area contributed by atoms with Crippen LogP contribution in [0.1, 0.15) is 23.2 Å². The number of oxime groups is 1. The molecular weight excluding hydrogens is 262 g/mol. The number of hydrogen-bond acceptors (Lipinski definition) is 5. The molecule has 0 aromatic heterocycles. The zero-order valence-corrected chi connectivity index (χ0v) is 11.1. The molecule has 1 amide bonds. The van der Waals surface area contributed by atoms with Crippen LogP contribution in [0.5, 0.6) is 11.5 Å². The Hall–Kier alpha value is -2.44. The van der Waals surface area contributed by atoms with Crippen molar-refractivity contribution in [2.45, 2.75) is 18.9 Å². The fourth-order valence-electron chi connectivity index (χ4n) is 2.36. The highest BCUT2D eigenvalue weighted by molar-refractivity contribution is 6.00. The number of carbonyl (C=O) groups excluding carboxylic acids is 1. The molecular formula is C13H17N3O4. The zero-order chi connectivity index (χ0) is 14.7. The fraction of sp³-hybridized carbons (Fsp3) is 0.385. The van der Waals surface area contributed by atoms with Gasteiger partial charge in [0.2, 0.25) is 0 Å². The minimum atomic E-state index is -0.436. The Morgan fingerprint density at radius 2 is 2.30 bits per heavy atom. The Labute approximate surface area is 116 Å². The van der Waals surface area contributed by atoms with E-state index >= 15 is 0 Å². The van der Waals surface area contributed by atoms with Crippen molar-refractivity contribution in [3.63, 3.8) is 0 Å². The lowest BCUT2D eigenvalue weighted by Gasteiger charge is -2.24. The topological polar surface area (TPSA) is 108 Å². The number of nitrogens with zero attached hydrogens (tertiary/aromatic N) is 2. The van der Waals surface area contributed by atoms with Gasteiger partial charge < -0.3 is 25.7 Å². The number of amidine groups is 1. The number of benzene rings is 1. The average Bonchev–Trinajstić information content (AvgIpc) is 2.94. The zero-order valence-electron chi connectivity index (χ0n) is 11.1. The summed E-state index contributed by atoms with van der Waals surface area (Å²) in [6, 6.07) is 4.04. The maximum atomic E-state index is 12.4. The average molecular weight is 279 g/mol. The number of rotatable bonds is 3. The summed E-state index contributed by atoms with van der Waals surface area (Å²) < 4.78 is 4.97. The number of likely N-dealkylation sites (tertiary alicyclic amines) is 1. The predicted molar refractivity (Wildman–Crippen MR) is 72.1 cm³/mol. The number of hydrogen-bond donors (Lipinski definition) is 3. The standard InChI is InChI=1S/C13H17N3O4/c1-20-8-4-5-9(11(17)7-8)13(18)16-6-2-3-10(16)12(14)15-19/h4-5,7,10,17,19H,2-3,6H2,1H3,(H2,14,15). The van der Waals surface area contributed by atoms with E-state index in [1.165, 1.54) is 24.1 Å². The van der Waals surface area contributed by atoms with Gasteiger partial charge in [-0.1, -0.05) is 5.16 Å². The van der Waals surface area contributed by atoms with E-state index in [0.29, 0.717) is 18.7 Å². The normalized spacial score (nSPS) is 19.1. The van der Waals surface area contributed by atoms with E-state index in [9.17, 15) is 9.90 Å². The molecule has 1 unspecified atom stereocenters. The van der Waals surface area contributed by atoms with E-state index in [2.05, 4.69) is 5.16 Å². The van der Waals surface area contributed by atoms with Gasteiger partial charge >= 0.3 is 0 Å². The van der Waals surface area contributed by atoms with Crippen molar-refractivity contribution >= 4 is 11.7 Å². The van der Waals surface area contributed by atoms with E-state index in [-0.39, 0.29) is 23.1 Å². The molecule has 7 heteroatoms. The van der Waals surface area contributed by atoms with Gasteiger partial charge in [-0.15, -0.1) is 0 Å². The highest BCUT2D eigenvalue weighted by Gasteiger charge is 2.33. The number of phenolic OH excluding ortho intramolecular Hbond substituents is 1. The molecule has 2 rings (SSSR count). The Morgan fingerprint density at radius 3 is 2.90 bits per heavy atom. The molecule has 1 heterocycles. The second kappa shape index (κ2) is 5.68. The van der Waals surface area contributed by atoms with E-state index < -0.39 is 6.04 Å². The second-order valence-electron chi connectivity index (χ2n) is 4.56. The summed E-state index contributed by atoms with van der Waals surface area (Å²) >= 11 is 0. The van der Waals surface area contributed by atoms with Crippen molar-refractivity contribution < 1.29 is 19.8 Å². The van der Waals surface area contributed by atoms with Crippen molar-refractivity contribution in [1.29, 1.82) is 0 Å². The highest BCUT2D eigenvalue weighted by atomic mass is 16.5. The number of nitrogens with two attached hydrogens (primary N) is 1. The molecule has 108 valence electrons. The Kier molecular flexibility index (Phi) is 3.97. The summed E-state index contributed by atoms with van der Waals surface area (Å²) in [6.07, 6.45) is 1.40. The second-order valence-corrected chi connectivity index (χ2v) is 4.56. The summed E-state index contributed by atoms with van der Waals surface area (Å²) in [6.45, 7) is 0.505. The van der Waals surface area contributed by atoms with Gasteiger partial charge in [0.05, 0.1) is 18.7 Å². The van der Waals surface area contributed by atoms with Crippen molar-refractivity contribution in [3.05, 3.63) is 23.8 Å². The lowest BCUT2D eigenvalue weighted by atomic mass is 10.1. The highest BCUT2D eigenvalue weighted by Crippen LogP contribution is 2.27. The monoisotopic (exact) mass is 279 g/mol. The van der Waals surface area contributed by atoms with Crippen molar-refractivity contribution in [3.8, 4) is 11.5 Å². The molecule has 1 aliphatic heterocycles. The minimum absolute atomic E-state index is 0.00357.